The topological polar surface area (TPSA) is 17.1 Å². The second-order valence-corrected chi connectivity index (χ2v) is 3.41. The molecule has 13 heavy (non-hydrogen) atoms. The minimum Gasteiger partial charge on any atom is -0.303 e. The highest BCUT2D eigenvalue weighted by atomic mass is 35.5. The molecule has 0 amide bonds. The summed E-state index contributed by atoms with van der Waals surface area (Å²) < 4.78 is 0. The molecule has 1 nitrogen and oxygen atoms in total. The quantitative estimate of drug-likeness (QED) is 0.677. The number of aryl methyl sites for hydroxylation is 2. The second-order valence-electron chi connectivity index (χ2n) is 2.97. The monoisotopic (exact) mass is 196 g/mol. The molecule has 0 saturated heterocycles. The van der Waals surface area contributed by atoms with E-state index in [0.29, 0.717) is 6.42 Å². The van der Waals surface area contributed by atoms with Crippen LogP contribution >= 0.6 is 11.6 Å². The summed E-state index contributed by atoms with van der Waals surface area (Å²) in [5.74, 6) is 0. The molecule has 0 N–H and O–H groups in total. The fraction of sp³-hybridized carbons (Fsp3) is 0.364. The average Bonchev–Trinajstić information content (AvgIpc) is 2.15. The zero-order valence-electron chi connectivity index (χ0n) is 7.72. The number of hydrogen-bond donors (Lipinski definition) is 0. The van der Waals surface area contributed by atoms with Gasteiger partial charge in [-0.2, -0.15) is 0 Å². The van der Waals surface area contributed by atoms with E-state index in [1.54, 1.807) is 0 Å². The van der Waals surface area contributed by atoms with Crippen molar-refractivity contribution in [3.8, 4) is 0 Å². The van der Waals surface area contributed by atoms with Gasteiger partial charge in [0, 0.05) is 11.4 Å². The van der Waals surface area contributed by atoms with Gasteiger partial charge in [0.05, 0.1) is 0 Å². The van der Waals surface area contributed by atoms with Crippen LogP contribution in [0.2, 0.25) is 5.02 Å². The van der Waals surface area contributed by atoms with E-state index in [1.165, 1.54) is 11.1 Å². The van der Waals surface area contributed by atoms with Crippen molar-refractivity contribution in [2.24, 2.45) is 0 Å². The van der Waals surface area contributed by atoms with Crippen LogP contribution in [-0.4, -0.2) is 6.29 Å². The van der Waals surface area contributed by atoms with E-state index in [2.05, 4.69) is 6.92 Å². The van der Waals surface area contributed by atoms with Gasteiger partial charge >= 0.3 is 0 Å². The van der Waals surface area contributed by atoms with Crippen molar-refractivity contribution >= 4 is 17.9 Å². The summed E-state index contributed by atoms with van der Waals surface area (Å²) >= 11 is 5.86. The van der Waals surface area contributed by atoms with Crippen molar-refractivity contribution in [2.45, 2.75) is 26.2 Å². The molecular formula is C11H13ClO. The van der Waals surface area contributed by atoms with Crippen LogP contribution < -0.4 is 0 Å². The predicted molar refractivity (Wildman–Crippen MR) is 55.2 cm³/mol. The van der Waals surface area contributed by atoms with Gasteiger partial charge in [-0.25, -0.2) is 0 Å². The molecule has 0 bridgehead atoms. The number of carbonyl (C=O) groups is 1. The van der Waals surface area contributed by atoms with Crippen LogP contribution in [0.25, 0.3) is 0 Å². The third kappa shape index (κ3) is 2.85. The second kappa shape index (κ2) is 5.03. The first-order valence-electron chi connectivity index (χ1n) is 4.49. The lowest BCUT2D eigenvalue weighted by atomic mass is 10.0. The first kappa shape index (κ1) is 10.3. The summed E-state index contributed by atoms with van der Waals surface area (Å²) in [5, 5.41) is 0.748. The van der Waals surface area contributed by atoms with E-state index in [4.69, 9.17) is 11.6 Å². The molecule has 2 heteroatoms. The molecule has 0 atom stereocenters. The molecule has 1 rings (SSSR count). The van der Waals surface area contributed by atoms with Gasteiger partial charge < -0.3 is 4.79 Å². The smallest absolute Gasteiger partial charge is 0.120 e. The molecule has 0 aliphatic heterocycles. The molecular weight excluding hydrogens is 184 g/mol. The normalized spacial score (nSPS) is 10.0. The van der Waals surface area contributed by atoms with Crippen molar-refractivity contribution in [2.75, 3.05) is 0 Å². The van der Waals surface area contributed by atoms with E-state index < -0.39 is 0 Å². The number of carbonyl (C=O) groups excluding carboxylic acids is 1. The summed E-state index contributed by atoms with van der Waals surface area (Å²) in [4.78, 5) is 10.2. The molecule has 0 fully saturated rings. The maximum Gasteiger partial charge on any atom is 0.120 e. The summed E-state index contributed by atoms with van der Waals surface area (Å²) in [5.41, 5.74) is 2.48. The van der Waals surface area contributed by atoms with Crippen LogP contribution in [0, 0.1) is 0 Å². The van der Waals surface area contributed by atoms with Gasteiger partial charge in [0.1, 0.15) is 6.29 Å². The molecule has 1 aromatic rings. The highest BCUT2D eigenvalue weighted by Gasteiger charge is 2.00. The van der Waals surface area contributed by atoms with Crippen molar-refractivity contribution in [3.63, 3.8) is 0 Å². The highest BCUT2D eigenvalue weighted by molar-refractivity contribution is 6.30. The zero-order valence-corrected chi connectivity index (χ0v) is 8.47. The molecule has 0 radical (unpaired) electrons. The van der Waals surface area contributed by atoms with Crippen LogP contribution in [0.15, 0.2) is 18.2 Å². The first-order chi connectivity index (χ1) is 6.27. The van der Waals surface area contributed by atoms with E-state index in [0.717, 1.165) is 24.2 Å². The Bertz CT molecular complexity index is 294. The number of rotatable bonds is 4. The lowest BCUT2D eigenvalue weighted by Gasteiger charge is -2.06. The van der Waals surface area contributed by atoms with Crippen LogP contribution in [0.1, 0.15) is 24.5 Å². The Morgan fingerprint density at radius 3 is 2.77 bits per heavy atom. The maximum atomic E-state index is 10.2. The highest BCUT2D eigenvalue weighted by Crippen LogP contribution is 2.17. The van der Waals surface area contributed by atoms with E-state index >= 15 is 0 Å². The number of hydrogen-bond acceptors (Lipinski definition) is 1. The molecule has 0 unspecified atom stereocenters. The van der Waals surface area contributed by atoms with Crippen LogP contribution in [0.5, 0.6) is 0 Å². The minimum atomic E-state index is 0.577. The van der Waals surface area contributed by atoms with Gasteiger partial charge in [-0.1, -0.05) is 24.6 Å². The zero-order chi connectivity index (χ0) is 9.68. The molecule has 0 aromatic heterocycles. The lowest BCUT2D eigenvalue weighted by molar-refractivity contribution is -0.107. The molecule has 0 heterocycles. The van der Waals surface area contributed by atoms with Gasteiger partial charge in [0.2, 0.25) is 0 Å². The fourth-order valence-electron chi connectivity index (χ4n) is 1.39. The third-order valence-electron chi connectivity index (χ3n) is 2.08. The van der Waals surface area contributed by atoms with E-state index in [-0.39, 0.29) is 0 Å². The Balaban J connectivity index is 2.87. The summed E-state index contributed by atoms with van der Waals surface area (Å²) in [6.45, 7) is 2.10. The molecule has 0 aliphatic rings. The Morgan fingerprint density at radius 1 is 1.38 bits per heavy atom. The average molecular weight is 197 g/mol. The standard InChI is InChI=1S/C11H13ClO/c1-2-9-5-6-11(12)8-10(9)4-3-7-13/h5-8H,2-4H2,1H3. The number of benzene rings is 1. The summed E-state index contributed by atoms with van der Waals surface area (Å²) in [6, 6.07) is 5.87. The van der Waals surface area contributed by atoms with Gasteiger partial charge in [0.25, 0.3) is 0 Å². The van der Waals surface area contributed by atoms with Crippen LogP contribution in [0.3, 0.4) is 0 Å². The van der Waals surface area contributed by atoms with Gasteiger partial charge in [-0.05, 0) is 36.1 Å². The molecule has 0 aliphatic carbocycles. The predicted octanol–water partition coefficient (Wildman–Crippen LogP) is 3.03. The Morgan fingerprint density at radius 2 is 2.15 bits per heavy atom. The number of halogens is 1. The SMILES string of the molecule is CCc1ccc(Cl)cc1CCC=O. The molecule has 0 saturated carbocycles. The molecule has 70 valence electrons. The maximum absolute atomic E-state index is 10.2. The molecule has 1 aromatic carbocycles. The van der Waals surface area contributed by atoms with E-state index in [9.17, 15) is 4.79 Å². The van der Waals surface area contributed by atoms with Gasteiger partial charge in [-0.15, -0.1) is 0 Å². The van der Waals surface area contributed by atoms with Crippen LogP contribution in [0.4, 0.5) is 0 Å². The Kier molecular flexibility index (Phi) is 3.97. The minimum absolute atomic E-state index is 0.577. The lowest BCUT2D eigenvalue weighted by Crippen LogP contribution is -1.93. The number of aldehydes is 1. The van der Waals surface area contributed by atoms with E-state index in [1.807, 2.05) is 18.2 Å². The van der Waals surface area contributed by atoms with Crippen molar-refractivity contribution in [1.29, 1.82) is 0 Å². The third-order valence-corrected chi connectivity index (χ3v) is 2.32. The van der Waals surface area contributed by atoms with Crippen molar-refractivity contribution in [1.82, 2.24) is 0 Å². The summed E-state index contributed by atoms with van der Waals surface area (Å²) in [7, 11) is 0. The molecule has 0 spiro atoms. The van der Waals surface area contributed by atoms with Gasteiger partial charge in [0.15, 0.2) is 0 Å². The van der Waals surface area contributed by atoms with Gasteiger partial charge in [-0.3, -0.25) is 0 Å². The fourth-order valence-corrected chi connectivity index (χ4v) is 1.58. The van der Waals surface area contributed by atoms with Crippen molar-refractivity contribution in [3.05, 3.63) is 34.3 Å². The Hall–Kier alpha value is -0.820. The summed E-state index contributed by atoms with van der Waals surface area (Å²) in [6.07, 6.45) is 3.31. The largest absolute Gasteiger partial charge is 0.303 e. The van der Waals surface area contributed by atoms with Crippen LogP contribution in [-0.2, 0) is 17.6 Å². The Labute approximate surface area is 83.7 Å². The van der Waals surface area contributed by atoms with Crippen molar-refractivity contribution < 1.29 is 4.79 Å². The first-order valence-corrected chi connectivity index (χ1v) is 4.86.